The van der Waals surface area contributed by atoms with Crippen molar-refractivity contribution in [1.82, 2.24) is 4.90 Å². The van der Waals surface area contributed by atoms with Crippen LogP contribution in [0, 0.1) is 6.92 Å². The number of methoxy groups -OCH3 is 1. The van der Waals surface area contributed by atoms with Crippen LogP contribution < -0.4 is 0 Å². The van der Waals surface area contributed by atoms with E-state index in [1.54, 1.807) is 12.1 Å². The van der Waals surface area contributed by atoms with Gasteiger partial charge in [0, 0.05) is 24.9 Å². The van der Waals surface area contributed by atoms with Crippen molar-refractivity contribution in [3.05, 3.63) is 70.8 Å². The SMILES string of the molecule is COC(=O)[C@@H]1Cc2ccccc2CN1C(=O)COC(=O)CCC(=O)c1ccc(C)cc1. The number of nitrogens with zero attached hydrogens (tertiary/aromatic N) is 1. The highest BCUT2D eigenvalue weighted by molar-refractivity contribution is 5.97. The van der Waals surface area contributed by atoms with Gasteiger partial charge in [-0.2, -0.15) is 0 Å². The summed E-state index contributed by atoms with van der Waals surface area (Å²) in [5, 5.41) is 0. The normalized spacial score (nSPS) is 15.0. The van der Waals surface area contributed by atoms with Crippen molar-refractivity contribution in [3.8, 4) is 0 Å². The van der Waals surface area contributed by atoms with Crippen LogP contribution in [0.3, 0.4) is 0 Å². The van der Waals surface area contributed by atoms with Crippen LogP contribution in [0.25, 0.3) is 0 Å². The van der Waals surface area contributed by atoms with E-state index in [0.717, 1.165) is 16.7 Å². The molecule has 0 saturated heterocycles. The third-order valence-electron chi connectivity index (χ3n) is 5.33. The number of Topliss-reactive ketones (excluding diaryl/α,β-unsaturated/α-hetero) is 1. The summed E-state index contributed by atoms with van der Waals surface area (Å²) in [6, 6.07) is 13.9. The minimum atomic E-state index is -0.769. The first kappa shape index (κ1) is 22.2. The summed E-state index contributed by atoms with van der Waals surface area (Å²) < 4.78 is 9.92. The maximum absolute atomic E-state index is 12.7. The Bertz CT molecular complexity index is 982. The molecule has 1 atom stereocenters. The van der Waals surface area contributed by atoms with Gasteiger partial charge in [-0.1, -0.05) is 54.1 Å². The van der Waals surface area contributed by atoms with Crippen LogP contribution >= 0.6 is 0 Å². The molecule has 0 radical (unpaired) electrons. The van der Waals surface area contributed by atoms with E-state index in [0.29, 0.717) is 12.0 Å². The molecule has 1 amide bonds. The molecule has 2 aromatic carbocycles. The Morgan fingerprint density at radius 2 is 1.65 bits per heavy atom. The van der Waals surface area contributed by atoms with Gasteiger partial charge in [0.25, 0.3) is 5.91 Å². The molecule has 0 aromatic heterocycles. The van der Waals surface area contributed by atoms with Gasteiger partial charge in [-0.3, -0.25) is 14.4 Å². The van der Waals surface area contributed by atoms with Crippen molar-refractivity contribution >= 4 is 23.6 Å². The van der Waals surface area contributed by atoms with Crippen LogP contribution in [0.15, 0.2) is 48.5 Å². The highest BCUT2D eigenvalue weighted by atomic mass is 16.5. The fraction of sp³-hybridized carbons (Fsp3) is 0.333. The number of carbonyl (C=O) groups is 4. The lowest BCUT2D eigenvalue weighted by atomic mass is 9.94. The highest BCUT2D eigenvalue weighted by Gasteiger charge is 2.35. The molecule has 0 bridgehead atoms. The average molecular weight is 423 g/mol. The molecule has 31 heavy (non-hydrogen) atoms. The number of amides is 1. The third-order valence-corrected chi connectivity index (χ3v) is 5.33. The van der Waals surface area contributed by atoms with E-state index in [1.807, 2.05) is 43.3 Å². The van der Waals surface area contributed by atoms with Crippen LogP contribution in [0.4, 0.5) is 0 Å². The van der Waals surface area contributed by atoms with Gasteiger partial charge in [0.05, 0.1) is 13.5 Å². The molecule has 1 heterocycles. The molecule has 3 rings (SSSR count). The van der Waals surface area contributed by atoms with E-state index in [4.69, 9.17) is 9.47 Å². The van der Waals surface area contributed by atoms with Crippen molar-refractivity contribution in [3.63, 3.8) is 0 Å². The molecule has 0 aliphatic carbocycles. The second kappa shape index (κ2) is 10.0. The fourth-order valence-corrected chi connectivity index (χ4v) is 3.53. The molecule has 1 aliphatic rings. The number of fused-ring (bicyclic) bond motifs is 1. The van der Waals surface area contributed by atoms with Crippen LogP contribution in [0.5, 0.6) is 0 Å². The number of ketones is 1. The predicted octanol–water partition coefficient (Wildman–Crippen LogP) is 2.63. The van der Waals surface area contributed by atoms with Crippen molar-refractivity contribution in [1.29, 1.82) is 0 Å². The van der Waals surface area contributed by atoms with E-state index in [2.05, 4.69) is 0 Å². The van der Waals surface area contributed by atoms with Crippen molar-refractivity contribution in [2.75, 3.05) is 13.7 Å². The molecule has 7 heteroatoms. The third kappa shape index (κ3) is 5.57. The number of esters is 2. The largest absolute Gasteiger partial charge is 0.467 e. The van der Waals surface area contributed by atoms with Crippen molar-refractivity contribution < 1.29 is 28.7 Å². The van der Waals surface area contributed by atoms with Gasteiger partial charge in [0.15, 0.2) is 12.4 Å². The fourth-order valence-electron chi connectivity index (χ4n) is 3.53. The smallest absolute Gasteiger partial charge is 0.328 e. The predicted molar refractivity (Wildman–Crippen MR) is 112 cm³/mol. The minimum absolute atomic E-state index is 0.00202. The van der Waals surface area contributed by atoms with Crippen LogP contribution in [0.2, 0.25) is 0 Å². The summed E-state index contributed by atoms with van der Waals surface area (Å²) in [7, 11) is 1.27. The first-order valence-electron chi connectivity index (χ1n) is 10.1. The number of hydrogen-bond donors (Lipinski definition) is 0. The maximum atomic E-state index is 12.7. The van der Waals surface area contributed by atoms with Crippen molar-refractivity contribution in [2.45, 2.75) is 38.8 Å². The number of aryl methyl sites for hydroxylation is 1. The number of benzene rings is 2. The molecule has 7 nitrogen and oxygen atoms in total. The highest BCUT2D eigenvalue weighted by Crippen LogP contribution is 2.24. The molecule has 0 fully saturated rings. The van der Waals surface area contributed by atoms with Crippen LogP contribution in [0.1, 0.15) is 39.9 Å². The molecule has 2 aromatic rings. The number of hydrogen-bond acceptors (Lipinski definition) is 6. The monoisotopic (exact) mass is 423 g/mol. The molecular weight excluding hydrogens is 398 g/mol. The molecule has 1 aliphatic heterocycles. The summed E-state index contributed by atoms with van der Waals surface area (Å²) in [6.07, 6.45) is 0.217. The molecule has 0 N–H and O–H groups in total. The van der Waals surface area contributed by atoms with E-state index < -0.39 is 30.5 Å². The van der Waals surface area contributed by atoms with Gasteiger partial charge in [-0.05, 0) is 18.1 Å². The van der Waals surface area contributed by atoms with Gasteiger partial charge in [0.2, 0.25) is 0 Å². The molecule has 162 valence electrons. The lowest BCUT2D eigenvalue weighted by molar-refractivity contribution is -0.159. The Morgan fingerprint density at radius 1 is 0.968 bits per heavy atom. The second-order valence-corrected chi connectivity index (χ2v) is 7.48. The lowest BCUT2D eigenvalue weighted by Gasteiger charge is -2.35. The van der Waals surface area contributed by atoms with E-state index in [9.17, 15) is 19.2 Å². The number of rotatable bonds is 7. The molecule has 0 spiro atoms. The van der Waals surface area contributed by atoms with Crippen LogP contribution in [-0.2, 0) is 36.8 Å². The van der Waals surface area contributed by atoms with Gasteiger partial charge < -0.3 is 14.4 Å². The first-order valence-corrected chi connectivity index (χ1v) is 10.1. The molecular formula is C24H25NO6. The summed E-state index contributed by atoms with van der Waals surface area (Å²) in [6.45, 7) is 1.67. The summed E-state index contributed by atoms with van der Waals surface area (Å²) in [4.78, 5) is 50.5. The second-order valence-electron chi connectivity index (χ2n) is 7.48. The Morgan fingerprint density at radius 3 is 2.32 bits per heavy atom. The zero-order valence-corrected chi connectivity index (χ0v) is 17.6. The zero-order chi connectivity index (χ0) is 22.4. The molecule has 0 saturated carbocycles. The summed E-state index contributed by atoms with van der Waals surface area (Å²) in [5.74, 6) is -1.80. The molecule has 0 unspecified atom stereocenters. The summed E-state index contributed by atoms with van der Waals surface area (Å²) >= 11 is 0. The Hall–Kier alpha value is -3.48. The van der Waals surface area contributed by atoms with Crippen molar-refractivity contribution in [2.24, 2.45) is 0 Å². The van der Waals surface area contributed by atoms with Gasteiger partial charge in [-0.25, -0.2) is 4.79 Å². The Kier molecular flexibility index (Phi) is 7.18. The standard InChI is InChI=1S/C24H25NO6/c1-16-7-9-17(10-8-16)21(26)11-12-23(28)31-15-22(27)25-14-19-6-4-3-5-18(19)13-20(25)24(29)30-2/h3-10,20H,11-15H2,1-2H3/t20-/m0/s1. The minimum Gasteiger partial charge on any atom is -0.467 e. The summed E-state index contributed by atoms with van der Waals surface area (Å²) in [5.41, 5.74) is 3.49. The van der Waals surface area contributed by atoms with E-state index >= 15 is 0 Å². The first-order chi connectivity index (χ1) is 14.9. The topological polar surface area (TPSA) is 90.0 Å². The zero-order valence-electron chi connectivity index (χ0n) is 17.6. The van der Waals surface area contributed by atoms with Gasteiger partial charge >= 0.3 is 11.9 Å². The number of ether oxygens (including phenoxy) is 2. The Balaban J connectivity index is 1.54. The van der Waals surface area contributed by atoms with E-state index in [1.165, 1.54) is 12.0 Å². The average Bonchev–Trinajstić information content (AvgIpc) is 2.80. The van der Waals surface area contributed by atoms with Crippen LogP contribution in [-0.4, -0.2) is 48.3 Å². The maximum Gasteiger partial charge on any atom is 0.328 e. The lowest BCUT2D eigenvalue weighted by Crippen LogP contribution is -2.50. The Labute approximate surface area is 180 Å². The van der Waals surface area contributed by atoms with Gasteiger partial charge in [-0.15, -0.1) is 0 Å². The van der Waals surface area contributed by atoms with Gasteiger partial charge in [0.1, 0.15) is 6.04 Å². The quantitative estimate of drug-likeness (QED) is 0.502. The van der Waals surface area contributed by atoms with E-state index in [-0.39, 0.29) is 25.2 Å². The number of carbonyl (C=O) groups excluding carboxylic acids is 4.